The van der Waals surface area contributed by atoms with Crippen molar-refractivity contribution in [2.45, 2.75) is 76.8 Å². The molecule has 2 fully saturated rings. The van der Waals surface area contributed by atoms with E-state index in [1.54, 1.807) is 0 Å². The number of rotatable bonds is 6. The second kappa shape index (κ2) is 8.74. The van der Waals surface area contributed by atoms with Gasteiger partial charge in [-0.15, -0.1) is 0 Å². The third kappa shape index (κ3) is 5.26. The van der Waals surface area contributed by atoms with E-state index in [9.17, 15) is 4.79 Å². The molecule has 0 radical (unpaired) electrons. The lowest BCUT2D eigenvalue weighted by molar-refractivity contribution is -0.137. The summed E-state index contributed by atoms with van der Waals surface area (Å²) in [4.78, 5) is 16.1. The van der Waals surface area contributed by atoms with E-state index in [1.165, 1.54) is 71.1 Å². The van der Waals surface area contributed by atoms with E-state index in [4.69, 9.17) is 5.11 Å². The second-order valence-corrected chi connectivity index (χ2v) is 6.75. The van der Waals surface area contributed by atoms with Crippen LogP contribution < -0.4 is 0 Å². The third-order valence-corrected chi connectivity index (χ3v) is 5.16. The first-order chi connectivity index (χ1) is 10.2. The summed E-state index contributed by atoms with van der Waals surface area (Å²) in [7, 11) is 0. The maximum absolute atomic E-state index is 10.9. The number of nitrogens with zero attached hydrogens (tertiary/aromatic N) is 2. The van der Waals surface area contributed by atoms with Crippen LogP contribution in [0.15, 0.2) is 0 Å². The van der Waals surface area contributed by atoms with Gasteiger partial charge >= 0.3 is 5.97 Å². The molecule has 0 amide bonds. The minimum atomic E-state index is -0.643. The van der Waals surface area contributed by atoms with Crippen LogP contribution in [0.25, 0.3) is 0 Å². The molecule has 0 aliphatic carbocycles. The summed E-state index contributed by atoms with van der Waals surface area (Å²) in [6, 6.07) is 1.20. The molecule has 0 bridgehead atoms. The molecule has 2 aliphatic heterocycles. The van der Waals surface area contributed by atoms with E-state index in [-0.39, 0.29) is 0 Å². The van der Waals surface area contributed by atoms with E-state index in [0.29, 0.717) is 18.5 Å². The number of hydrogen-bond acceptors (Lipinski definition) is 3. The summed E-state index contributed by atoms with van der Waals surface area (Å²) in [5.41, 5.74) is 0. The Labute approximate surface area is 129 Å². The second-order valence-electron chi connectivity index (χ2n) is 6.75. The summed E-state index contributed by atoms with van der Waals surface area (Å²) < 4.78 is 0. The minimum absolute atomic E-state index is 0.329. The topological polar surface area (TPSA) is 43.8 Å². The molecule has 2 saturated heterocycles. The fourth-order valence-corrected chi connectivity index (χ4v) is 4.11. The third-order valence-electron chi connectivity index (χ3n) is 5.16. The number of piperidine rings is 1. The molecule has 4 nitrogen and oxygen atoms in total. The molecule has 2 atom stereocenters. The fourth-order valence-electron chi connectivity index (χ4n) is 4.11. The molecule has 2 unspecified atom stereocenters. The van der Waals surface area contributed by atoms with E-state index in [2.05, 4.69) is 16.7 Å². The standard InChI is InChI=1S/C17H32N2O2/c1-2-11-18-12-5-7-16(10-14-18)19-13-4-3-6-15(19)8-9-17(20)21/h15-16H,2-14H2,1H3,(H,20,21). The Morgan fingerprint density at radius 1 is 1.10 bits per heavy atom. The van der Waals surface area contributed by atoms with Gasteiger partial charge in [0.05, 0.1) is 0 Å². The normalized spacial score (nSPS) is 29.2. The van der Waals surface area contributed by atoms with Crippen molar-refractivity contribution in [1.29, 1.82) is 0 Å². The molecule has 122 valence electrons. The fraction of sp³-hybridized carbons (Fsp3) is 0.941. The highest BCUT2D eigenvalue weighted by Crippen LogP contribution is 2.27. The van der Waals surface area contributed by atoms with Gasteiger partial charge in [-0.1, -0.05) is 13.3 Å². The number of carbonyl (C=O) groups is 1. The summed E-state index contributed by atoms with van der Waals surface area (Å²) in [5.74, 6) is -0.643. The van der Waals surface area contributed by atoms with Crippen molar-refractivity contribution in [3.05, 3.63) is 0 Å². The molecular formula is C17H32N2O2. The van der Waals surface area contributed by atoms with Crippen molar-refractivity contribution in [2.75, 3.05) is 26.2 Å². The maximum Gasteiger partial charge on any atom is 0.303 e. The number of carboxylic acid groups (broad SMARTS) is 1. The molecule has 2 rings (SSSR count). The monoisotopic (exact) mass is 296 g/mol. The molecule has 0 aromatic heterocycles. The Hall–Kier alpha value is -0.610. The lowest BCUT2D eigenvalue weighted by Crippen LogP contribution is -2.46. The van der Waals surface area contributed by atoms with Crippen molar-refractivity contribution in [1.82, 2.24) is 9.80 Å². The van der Waals surface area contributed by atoms with E-state index < -0.39 is 5.97 Å². The van der Waals surface area contributed by atoms with E-state index in [1.807, 2.05) is 0 Å². The van der Waals surface area contributed by atoms with Crippen LogP contribution in [-0.2, 0) is 4.79 Å². The number of hydrogen-bond donors (Lipinski definition) is 1. The SMILES string of the molecule is CCCN1CCCC(N2CCCCC2CCC(=O)O)CC1. The van der Waals surface area contributed by atoms with Gasteiger partial charge < -0.3 is 10.0 Å². The molecule has 0 aromatic carbocycles. The Morgan fingerprint density at radius 2 is 1.95 bits per heavy atom. The molecule has 21 heavy (non-hydrogen) atoms. The predicted molar refractivity (Wildman–Crippen MR) is 85.6 cm³/mol. The first-order valence-corrected chi connectivity index (χ1v) is 8.90. The van der Waals surface area contributed by atoms with Crippen molar-refractivity contribution in [2.24, 2.45) is 0 Å². The minimum Gasteiger partial charge on any atom is -0.481 e. The zero-order valence-electron chi connectivity index (χ0n) is 13.6. The van der Waals surface area contributed by atoms with Crippen LogP contribution in [-0.4, -0.2) is 59.1 Å². The molecule has 2 aliphatic rings. The average Bonchev–Trinajstić information content (AvgIpc) is 2.71. The molecule has 0 saturated carbocycles. The van der Waals surface area contributed by atoms with Gasteiger partial charge in [0.2, 0.25) is 0 Å². The van der Waals surface area contributed by atoms with Gasteiger partial charge in [0, 0.05) is 18.5 Å². The first kappa shape index (κ1) is 16.8. The number of aliphatic carboxylic acids is 1. The van der Waals surface area contributed by atoms with Crippen molar-refractivity contribution >= 4 is 5.97 Å². The average molecular weight is 296 g/mol. The highest BCUT2D eigenvalue weighted by molar-refractivity contribution is 5.66. The van der Waals surface area contributed by atoms with Crippen LogP contribution in [0.5, 0.6) is 0 Å². The van der Waals surface area contributed by atoms with Crippen LogP contribution in [0.2, 0.25) is 0 Å². The first-order valence-electron chi connectivity index (χ1n) is 8.90. The lowest BCUT2D eigenvalue weighted by atomic mass is 9.94. The Morgan fingerprint density at radius 3 is 2.71 bits per heavy atom. The zero-order chi connectivity index (χ0) is 15.1. The Balaban J connectivity index is 1.88. The largest absolute Gasteiger partial charge is 0.481 e. The summed E-state index contributed by atoms with van der Waals surface area (Å²) in [6.07, 6.45) is 10.0. The number of carboxylic acids is 1. The van der Waals surface area contributed by atoms with Gasteiger partial charge in [0.15, 0.2) is 0 Å². The smallest absolute Gasteiger partial charge is 0.303 e. The quantitative estimate of drug-likeness (QED) is 0.818. The molecule has 1 N–H and O–H groups in total. The van der Waals surface area contributed by atoms with Gasteiger partial charge in [-0.25, -0.2) is 0 Å². The molecule has 0 aromatic rings. The van der Waals surface area contributed by atoms with Crippen LogP contribution in [0.4, 0.5) is 0 Å². The Bertz CT molecular complexity index is 322. The van der Waals surface area contributed by atoms with Crippen molar-refractivity contribution in [3.8, 4) is 0 Å². The molecular weight excluding hydrogens is 264 g/mol. The van der Waals surface area contributed by atoms with E-state index >= 15 is 0 Å². The molecule has 0 spiro atoms. The predicted octanol–water partition coefficient (Wildman–Crippen LogP) is 2.97. The molecule has 4 heteroatoms. The van der Waals surface area contributed by atoms with Gasteiger partial charge in [-0.05, 0) is 71.1 Å². The van der Waals surface area contributed by atoms with Crippen molar-refractivity contribution in [3.63, 3.8) is 0 Å². The molecule has 2 heterocycles. The highest BCUT2D eigenvalue weighted by atomic mass is 16.4. The van der Waals surface area contributed by atoms with Crippen LogP contribution >= 0.6 is 0 Å². The number of likely N-dealkylation sites (tertiary alicyclic amines) is 2. The van der Waals surface area contributed by atoms with Gasteiger partial charge in [-0.2, -0.15) is 0 Å². The van der Waals surface area contributed by atoms with E-state index in [0.717, 1.165) is 6.42 Å². The van der Waals surface area contributed by atoms with Crippen LogP contribution in [0, 0.1) is 0 Å². The summed E-state index contributed by atoms with van der Waals surface area (Å²) in [5, 5.41) is 8.95. The summed E-state index contributed by atoms with van der Waals surface area (Å²) >= 11 is 0. The van der Waals surface area contributed by atoms with Crippen molar-refractivity contribution < 1.29 is 9.90 Å². The highest BCUT2D eigenvalue weighted by Gasteiger charge is 2.30. The zero-order valence-corrected chi connectivity index (χ0v) is 13.6. The maximum atomic E-state index is 10.9. The van der Waals surface area contributed by atoms with Crippen LogP contribution in [0.1, 0.15) is 64.7 Å². The Kier molecular flexibility index (Phi) is 6.97. The van der Waals surface area contributed by atoms with Gasteiger partial charge in [0.1, 0.15) is 0 Å². The van der Waals surface area contributed by atoms with Crippen LogP contribution in [0.3, 0.4) is 0 Å². The van der Waals surface area contributed by atoms with Gasteiger partial charge in [0.25, 0.3) is 0 Å². The lowest BCUT2D eigenvalue weighted by Gasteiger charge is -2.41. The van der Waals surface area contributed by atoms with Gasteiger partial charge in [-0.3, -0.25) is 9.69 Å². The summed E-state index contributed by atoms with van der Waals surface area (Å²) in [6.45, 7) is 7.14.